The Morgan fingerprint density at radius 3 is 2.46 bits per heavy atom. The van der Waals surface area contributed by atoms with Crippen molar-refractivity contribution >= 4 is 28.5 Å². The molecule has 1 aliphatic carbocycles. The van der Waals surface area contributed by atoms with E-state index in [0.29, 0.717) is 31.5 Å². The highest BCUT2D eigenvalue weighted by atomic mass is 16.4. The van der Waals surface area contributed by atoms with Crippen molar-refractivity contribution in [2.24, 2.45) is 18.9 Å². The van der Waals surface area contributed by atoms with Crippen LogP contribution in [-0.4, -0.2) is 31.7 Å². The number of hydrogen-bond acceptors (Lipinski definition) is 4. The molecule has 2 aromatic heterocycles. The van der Waals surface area contributed by atoms with Crippen molar-refractivity contribution in [1.29, 1.82) is 0 Å². The maximum absolute atomic E-state index is 12.6. The number of aliphatic carboxylic acids is 1. The predicted molar refractivity (Wildman–Crippen MR) is 106 cm³/mol. The molecular weight excluding hydrogens is 356 g/mol. The number of carboxylic acid groups (broad SMARTS) is 1. The summed E-state index contributed by atoms with van der Waals surface area (Å²) in [6.45, 7) is 0. The van der Waals surface area contributed by atoms with Crippen molar-refractivity contribution in [3.63, 3.8) is 0 Å². The van der Waals surface area contributed by atoms with Crippen molar-refractivity contribution in [3.8, 4) is 11.1 Å². The highest BCUT2D eigenvalue weighted by molar-refractivity contribution is 5.95. The molecule has 0 spiro atoms. The van der Waals surface area contributed by atoms with Gasteiger partial charge in [0.05, 0.1) is 12.1 Å². The summed E-state index contributed by atoms with van der Waals surface area (Å²) in [5, 5.41) is 18.2. The van der Waals surface area contributed by atoms with Gasteiger partial charge in [-0.25, -0.2) is 4.98 Å². The van der Waals surface area contributed by atoms with Crippen molar-refractivity contribution in [3.05, 3.63) is 42.9 Å². The SMILES string of the molecule is Cn1cc(-c2ccc3cnc(NC(=O)C4CCC(C(=O)O)CC4)cc3c2)cn1. The lowest BCUT2D eigenvalue weighted by Crippen LogP contribution is -2.29. The molecule has 1 amide bonds. The second-order valence-electron chi connectivity index (χ2n) is 7.41. The minimum atomic E-state index is -0.764. The van der Waals surface area contributed by atoms with E-state index in [0.717, 1.165) is 21.9 Å². The summed E-state index contributed by atoms with van der Waals surface area (Å²) in [7, 11) is 1.88. The van der Waals surface area contributed by atoms with Gasteiger partial charge in [0.1, 0.15) is 5.82 Å². The van der Waals surface area contributed by atoms with E-state index in [-0.39, 0.29) is 17.7 Å². The molecule has 7 heteroatoms. The van der Waals surface area contributed by atoms with Crippen molar-refractivity contribution in [2.45, 2.75) is 25.7 Å². The summed E-state index contributed by atoms with van der Waals surface area (Å²) < 4.78 is 1.76. The fraction of sp³-hybridized carbons (Fsp3) is 0.333. The van der Waals surface area contributed by atoms with E-state index in [9.17, 15) is 9.59 Å². The van der Waals surface area contributed by atoms with Crippen LogP contribution in [0, 0.1) is 11.8 Å². The van der Waals surface area contributed by atoms with Crippen LogP contribution in [0.2, 0.25) is 0 Å². The average Bonchev–Trinajstić information content (AvgIpc) is 3.14. The molecule has 1 aliphatic rings. The summed E-state index contributed by atoms with van der Waals surface area (Å²) >= 11 is 0. The molecule has 1 aromatic carbocycles. The highest BCUT2D eigenvalue weighted by Crippen LogP contribution is 2.30. The molecular formula is C21H22N4O3. The van der Waals surface area contributed by atoms with Crippen molar-refractivity contribution in [2.75, 3.05) is 5.32 Å². The van der Waals surface area contributed by atoms with Gasteiger partial charge in [-0.3, -0.25) is 14.3 Å². The van der Waals surface area contributed by atoms with Crippen molar-refractivity contribution < 1.29 is 14.7 Å². The molecule has 4 rings (SSSR count). The van der Waals surface area contributed by atoms with Crippen LogP contribution in [0.4, 0.5) is 5.82 Å². The molecule has 0 radical (unpaired) electrons. The standard InChI is InChI=1S/C21H22N4O3/c1-25-12-18(11-23-25)15-6-7-16-10-22-19(9-17(16)8-15)24-20(26)13-2-4-14(5-3-13)21(27)28/h6-14H,2-5H2,1H3,(H,27,28)(H,22,24,26). The van der Waals surface area contributed by atoms with Crippen LogP contribution in [0.15, 0.2) is 42.9 Å². The zero-order chi connectivity index (χ0) is 19.7. The number of fused-ring (bicyclic) bond motifs is 1. The number of carbonyl (C=O) groups excluding carboxylic acids is 1. The van der Waals surface area contributed by atoms with Gasteiger partial charge in [-0.05, 0) is 48.8 Å². The number of amides is 1. The number of carbonyl (C=O) groups is 2. The van der Waals surface area contributed by atoms with Gasteiger partial charge in [-0.1, -0.05) is 12.1 Å². The lowest BCUT2D eigenvalue weighted by molar-refractivity contribution is -0.143. The Kier molecular flexibility index (Phi) is 4.81. The van der Waals surface area contributed by atoms with E-state index in [1.54, 1.807) is 10.9 Å². The van der Waals surface area contributed by atoms with Crippen LogP contribution in [0.1, 0.15) is 25.7 Å². The quantitative estimate of drug-likeness (QED) is 0.725. The Morgan fingerprint density at radius 1 is 1.04 bits per heavy atom. The Labute approximate surface area is 162 Å². The predicted octanol–water partition coefficient (Wildman–Crippen LogP) is 3.46. The fourth-order valence-electron chi connectivity index (χ4n) is 3.79. The topological polar surface area (TPSA) is 97.1 Å². The van der Waals surface area contributed by atoms with E-state index in [4.69, 9.17) is 5.11 Å². The molecule has 0 atom stereocenters. The zero-order valence-electron chi connectivity index (χ0n) is 15.6. The minimum Gasteiger partial charge on any atom is -0.481 e. The van der Waals surface area contributed by atoms with Crippen LogP contribution in [-0.2, 0) is 16.6 Å². The highest BCUT2D eigenvalue weighted by Gasteiger charge is 2.29. The molecule has 0 aliphatic heterocycles. The fourth-order valence-corrected chi connectivity index (χ4v) is 3.79. The largest absolute Gasteiger partial charge is 0.481 e. The number of anilines is 1. The molecule has 0 saturated heterocycles. The van der Waals surface area contributed by atoms with Gasteiger partial charge < -0.3 is 10.4 Å². The summed E-state index contributed by atoms with van der Waals surface area (Å²) in [6.07, 6.45) is 7.82. The molecule has 28 heavy (non-hydrogen) atoms. The molecule has 0 bridgehead atoms. The van der Waals surface area contributed by atoms with Gasteiger partial charge in [0.25, 0.3) is 0 Å². The van der Waals surface area contributed by atoms with E-state index in [2.05, 4.69) is 21.5 Å². The normalized spacial score (nSPS) is 19.5. The number of pyridine rings is 1. The van der Waals surface area contributed by atoms with Gasteiger partial charge >= 0.3 is 5.97 Å². The summed E-state index contributed by atoms with van der Waals surface area (Å²) in [4.78, 5) is 28.0. The maximum Gasteiger partial charge on any atom is 0.306 e. The monoisotopic (exact) mass is 378 g/mol. The van der Waals surface area contributed by atoms with Crippen molar-refractivity contribution in [1.82, 2.24) is 14.8 Å². The van der Waals surface area contributed by atoms with Crippen LogP contribution >= 0.6 is 0 Å². The number of aryl methyl sites for hydroxylation is 1. The van der Waals surface area contributed by atoms with Crippen LogP contribution in [0.3, 0.4) is 0 Å². The maximum atomic E-state index is 12.6. The van der Waals surface area contributed by atoms with Gasteiger partial charge in [-0.15, -0.1) is 0 Å². The number of nitrogens with zero attached hydrogens (tertiary/aromatic N) is 3. The van der Waals surface area contributed by atoms with E-state index in [1.807, 2.05) is 37.6 Å². The third kappa shape index (κ3) is 3.74. The number of nitrogens with one attached hydrogen (secondary N) is 1. The van der Waals surface area contributed by atoms with Crippen LogP contribution in [0.25, 0.3) is 21.9 Å². The second kappa shape index (κ2) is 7.42. The Bertz CT molecular complexity index is 1040. The molecule has 2 N–H and O–H groups in total. The third-order valence-electron chi connectivity index (χ3n) is 5.46. The molecule has 3 aromatic rings. The number of hydrogen-bond donors (Lipinski definition) is 2. The van der Waals surface area contributed by atoms with E-state index in [1.165, 1.54) is 0 Å². The molecule has 1 saturated carbocycles. The average molecular weight is 378 g/mol. The van der Waals surface area contributed by atoms with Gasteiger partial charge in [0, 0.05) is 36.3 Å². The Hall–Kier alpha value is -3.22. The Morgan fingerprint density at radius 2 is 1.79 bits per heavy atom. The number of aromatic nitrogens is 3. The lowest BCUT2D eigenvalue weighted by atomic mass is 9.81. The van der Waals surface area contributed by atoms with Crippen LogP contribution < -0.4 is 5.32 Å². The van der Waals surface area contributed by atoms with Crippen LogP contribution in [0.5, 0.6) is 0 Å². The van der Waals surface area contributed by atoms with E-state index < -0.39 is 5.97 Å². The van der Waals surface area contributed by atoms with Gasteiger partial charge in [0.2, 0.25) is 5.91 Å². The van der Waals surface area contributed by atoms with Gasteiger partial charge in [-0.2, -0.15) is 5.10 Å². The molecule has 0 unspecified atom stereocenters. The number of carboxylic acids is 1. The first-order chi connectivity index (χ1) is 13.5. The number of rotatable bonds is 4. The first-order valence-corrected chi connectivity index (χ1v) is 9.42. The zero-order valence-corrected chi connectivity index (χ0v) is 15.6. The van der Waals surface area contributed by atoms with Gasteiger partial charge in [0.15, 0.2) is 0 Å². The minimum absolute atomic E-state index is 0.0842. The first kappa shape index (κ1) is 18.2. The summed E-state index contributed by atoms with van der Waals surface area (Å²) in [5.41, 5.74) is 2.08. The Balaban J connectivity index is 1.49. The van der Waals surface area contributed by atoms with E-state index >= 15 is 0 Å². The molecule has 144 valence electrons. The smallest absolute Gasteiger partial charge is 0.306 e. The molecule has 1 fully saturated rings. The lowest BCUT2D eigenvalue weighted by Gasteiger charge is -2.25. The molecule has 7 nitrogen and oxygen atoms in total. The summed E-state index contributed by atoms with van der Waals surface area (Å²) in [5.74, 6) is -0.816. The first-order valence-electron chi connectivity index (χ1n) is 9.42. The third-order valence-corrected chi connectivity index (χ3v) is 5.46. The second-order valence-corrected chi connectivity index (χ2v) is 7.41. The molecule has 2 heterocycles. The number of benzene rings is 1. The summed E-state index contributed by atoms with van der Waals surface area (Å²) in [6, 6.07) is 7.96.